The summed E-state index contributed by atoms with van der Waals surface area (Å²) in [6.07, 6.45) is -0.723. The number of carbonyl (C=O) groups is 2. The molecule has 2 aromatic rings. The quantitative estimate of drug-likeness (QED) is 0.873. The van der Waals surface area contributed by atoms with Gasteiger partial charge in [-0.25, -0.2) is 4.79 Å². The Morgan fingerprint density at radius 2 is 1.84 bits per heavy atom. The van der Waals surface area contributed by atoms with Crippen molar-refractivity contribution in [3.63, 3.8) is 0 Å². The largest absolute Gasteiger partial charge is 0.493 e. The van der Waals surface area contributed by atoms with Crippen LogP contribution in [-0.2, 0) is 4.74 Å². The number of carbonyl (C=O) groups excluding carboxylic acids is 2. The molecule has 0 spiro atoms. The Bertz CT molecular complexity index is 789. The standard InChI is InChI=1S/C18H18N2O5/c1-23-14-8-5-12(9-15(14)24-2)17(21)20-13-6-3-11(4-7-13)16-10-19-18(22)25-16/h3-9,16H,10H2,1-2H3,(H,19,22)(H,20,21). The number of ether oxygens (including phenoxy) is 3. The lowest BCUT2D eigenvalue weighted by atomic mass is 10.1. The molecule has 0 bridgehead atoms. The molecule has 1 atom stereocenters. The van der Waals surface area contributed by atoms with Gasteiger partial charge in [-0.15, -0.1) is 0 Å². The van der Waals surface area contributed by atoms with Crippen molar-refractivity contribution in [2.45, 2.75) is 6.10 Å². The van der Waals surface area contributed by atoms with Gasteiger partial charge < -0.3 is 24.8 Å². The van der Waals surface area contributed by atoms with E-state index in [0.717, 1.165) is 5.56 Å². The van der Waals surface area contributed by atoms with Crippen molar-refractivity contribution in [2.75, 3.05) is 26.1 Å². The van der Waals surface area contributed by atoms with E-state index >= 15 is 0 Å². The van der Waals surface area contributed by atoms with Crippen LogP contribution in [0.4, 0.5) is 10.5 Å². The highest BCUT2D eigenvalue weighted by molar-refractivity contribution is 6.04. The summed E-state index contributed by atoms with van der Waals surface area (Å²) in [5.41, 5.74) is 1.96. The van der Waals surface area contributed by atoms with E-state index in [2.05, 4.69) is 10.6 Å². The van der Waals surface area contributed by atoms with Crippen molar-refractivity contribution in [1.29, 1.82) is 0 Å². The Kier molecular flexibility index (Phi) is 4.74. The van der Waals surface area contributed by atoms with Crippen LogP contribution in [0.2, 0.25) is 0 Å². The van der Waals surface area contributed by atoms with Crippen LogP contribution in [0, 0.1) is 0 Å². The summed E-state index contributed by atoms with van der Waals surface area (Å²) >= 11 is 0. The Morgan fingerprint density at radius 1 is 1.12 bits per heavy atom. The van der Waals surface area contributed by atoms with Gasteiger partial charge in [-0.3, -0.25) is 4.79 Å². The van der Waals surface area contributed by atoms with Crippen LogP contribution in [-0.4, -0.2) is 32.8 Å². The highest BCUT2D eigenvalue weighted by Gasteiger charge is 2.23. The fraction of sp³-hybridized carbons (Fsp3) is 0.222. The average molecular weight is 342 g/mol. The van der Waals surface area contributed by atoms with E-state index in [1.165, 1.54) is 14.2 Å². The molecule has 0 radical (unpaired) electrons. The Labute approximate surface area is 144 Å². The number of anilines is 1. The van der Waals surface area contributed by atoms with Gasteiger partial charge in [0.1, 0.15) is 6.10 Å². The third-order valence-electron chi connectivity index (χ3n) is 3.87. The smallest absolute Gasteiger partial charge is 0.407 e. The number of hydrogen-bond acceptors (Lipinski definition) is 5. The second-order valence-electron chi connectivity index (χ2n) is 5.42. The van der Waals surface area contributed by atoms with Crippen LogP contribution in [0.15, 0.2) is 42.5 Å². The Balaban J connectivity index is 1.69. The van der Waals surface area contributed by atoms with Crippen LogP contribution < -0.4 is 20.1 Å². The molecular weight excluding hydrogens is 324 g/mol. The third kappa shape index (κ3) is 3.65. The van der Waals surface area contributed by atoms with Crippen LogP contribution in [0.5, 0.6) is 11.5 Å². The van der Waals surface area contributed by atoms with Crippen molar-refractivity contribution in [2.24, 2.45) is 0 Å². The van der Waals surface area contributed by atoms with Gasteiger partial charge in [0, 0.05) is 11.3 Å². The van der Waals surface area contributed by atoms with Gasteiger partial charge in [-0.1, -0.05) is 12.1 Å². The van der Waals surface area contributed by atoms with Gasteiger partial charge in [-0.05, 0) is 35.9 Å². The first-order chi connectivity index (χ1) is 12.1. The van der Waals surface area contributed by atoms with Crippen molar-refractivity contribution in [3.05, 3.63) is 53.6 Å². The number of hydrogen-bond donors (Lipinski definition) is 2. The summed E-state index contributed by atoms with van der Waals surface area (Å²) in [6, 6.07) is 12.1. The molecule has 2 aromatic carbocycles. The van der Waals surface area contributed by atoms with E-state index in [4.69, 9.17) is 14.2 Å². The molecule has 1 aliphatic heterocycles. The second kappa shape index (κ2) is 7.12. The maximum absolute atomic E-state index is 12.4. The zero-order valence-corrected chi connectivity index (χ0v) is 13.9. The molecule has 2 amide bonds. The van der Waals surface area contributed by atoms with E-state index in [-0.39, 0.29) is 12.0 Å². The molecule has 3 rings (SSSR count). The zero-order valence-electron chi connectivity index (χ0n) is 13.9. The highest BCUT2D eigenvalue weighted by Crippen LogP contribution is 2.28. The molecule has 1 fully saturated rings. The number of methoxy groups -OCH3 is 2. The zero-order chi connectivity index (χ0) is 17.8. The molecule has 1 saturated heterocycles. The summed E-state index contributed by atoms with van der Waals surface area (Å²) in [5.74, 6) is 0.784. The van der Waals surface area contributed by atoms with Crippen molar-refractivity contribution in [1.82, 2.24) is 5.32 Å². The lowest BCUT2D eigenvalue weighted by Crippen LogP contribution is -2.13. The summed E-state index contributed by atoms with van der Waals surface area (Å²) in [6.45, 7) is 0.441. The number of rotatable bonds is 5. The molecule has 0 saturated carbocycles. The molecule has 7 nitrogen and oxygen atoms in total. The SMILES string of the molecule is COc1ccc(C(=O)Nc2ccc(C3CNC(=O)O3)cc2)cc1OC. The van der Waals surface area contributed by atoms with Gasteiger partial charge in [0.25, 0.3) is 5.91 Å². The number of alkyl carbamates (subject to hydrolysis) is 1. The summed E-state index contributed by atoms with van der Waals surface area (Å²) in [4.78, 5) is 23.5. The normalized spacial score (nSPS) is 15.9. The maximum atomic E-state index is 12.4. The lowest BCUT2D eigenvalue weighted by molar-refractivity contribution is 0.102. The van der Waals surface area contributed by atoms with Crippen LogP contribution in [0.3, 0.4) is 0 Å². The molecule has 1 heterocycles. The first-order valence-electron chi connectivity index (χ1n) is 7.68. The molecular formula is C18H18N2O5. The lowest BCUT2D eigenvalue weighted by Gasteiger charge is -2.11. The average Bonchev–Trinajstić information content (AvgIpc) is 3.08. The third-order valence-corrected chi connectivity index (χ3v) is 3.87. The fourth-order valence-corrected chi connectivity index (χ4v) is 2.54. The molecule has 7 heteroatoms. The van der Waals surface area contributed by atoms with Gasteiger partial charge in [0.2, 0.25) is 0 Å². The van der Waals surface area contributed by atoms with Gasteiger partial charge >= 0.3 is 6.09 Å². The van der Waals surface area contributed by atoms with Crippen molar-refractivity contribution >= 4 is 17.7 Å². The number of nitrogens with one attached hydrogen (secondary N) is 2. The van der Waals surface area contributed by atoms with Crippen molar-refractivity contribution < 1.29 is 23.8 Å². The molecule has 2 N–H and O–H groups in total. The predicted molar refractivity (Wildman–Crippen MR) is 91.2 cm³/mol. The van der Waals surface area contributed by atoms with Gasteiger partial charge in [0.15, 0.2) is 11.5 Å². The van der Waals surface area contributed by atoms with E-state index in [1.807, 2.05) is 12.1 Å². The van der Waals surface area contributed by atoms with E-state index < -0.39 is 6.09 Å². The van der Waals surface area contributed by atoms with Gasteiger partial charge in [0.05, 0.1) is 20.8 Å². The summed E-state index contributed by atoms with van der Waals surface area (Å²) in [5, 5.41) is 5.42. The molecule has 1 unspecified atom stereocenters. The Morgan fingerprint density at radius 3 is 2.44 bits per heavy atom. The van der Waals surface area contributed by atoms with Gasteiger partial charge in [-0.2, -0.15) is 0 Å². The second-order valence-corrected chi connectivity index (χ2v) is 5.42. The van der Waals surface area contributed by atoms with E-state index in [0.29, 0.717) is 29.3 Å². The maximum Gasteiger partial charge on any atom is 0.407 e. The fourth-order valence-electron chi connectivity index (χ4n) is 2.54. The first kappa shape index (κ1) is 16.6. The minimum Gasteiger partial charge on any atom is -0.493 e. The molecule has 25 heavy (non-hydrogen) atoms. The Hall–Kier alpha value is -3.22. The van der Waals surface area contributed by atoms with E-state index in [9.17, 15) is 9.59 Å². The number of amides is 2. The summed E-state index contributed by atoms with van der Waals surface area (Å²) in [7, 11) is 3.05. The molecule has 0 aliphatic carbocycles. The minimum atomic E-state index is -0.421. The molecule has 1 aliphatic rings. The predicted octanol–water partition coefficient (Wildman–Crippen LogP) is 2.74. The summed E-state index contributed by atoms with van der Waals surface area (Å²) < 4.78 is 15.5. The van der Waals surface area contributed by atoms with Crippen LogP contribution >= 0.6 is 0 Å². The van der Waals surface area contributed by atoms with Crippen molar-refractivity contribution in [3.8, 4) is 11.5 Å². The highest BCUT2D eigenvalue weighted by atomic mass is 16.6. The van der Waals surface area contributed by atoms with Crippen LogP contribution in [0.1, 0.15) is 22.0 Å². The van der Waals surface area contributed by atoms with Crippen LogP contribution in [0.25, 0.3) is 0 Å². The first-order valence-corrected chi connectivity index (χ1v) is 7.68. The number of cyclic esters (lactones) is 1. The molecule has 130 valence electrons. The topological polar surface area (TPSA) is 85.9 Å². The van der Waals surface area contributed by atoms with E-state index in [1.54, 1.807) is 30.3 Å². The monoisotopic (exact) mass is 342 g/mol. The minimum absolute atomic E-state index is 0.261. The number of benzene rings is 2. The molecule has 0 aromatic heterocycles.